The molecule has 1 saturated heterocycles. The third kappa shape index (κ3) is 3.83. The molecule has 0 aromatic carbocycles. The van der Waals surface area contributed by atoms with Crippen LogP contribution in [0.3, 0.4) is 0 Å². The van der Waals surface area contributed by atoms with Crippen molar-refractivity contribution in [2.75, 3.05) is 18.0 Å². The number of amides is 1. The van der Waals surface area contributed by atoms with Gasteiger partial charge in [-0.1, -0.05) is 13.3 Å². The van der Waals surface area contributed by atoms with Crippen LogP contribution < -0.4 is 10.2 Å². The summed E-state index contributed by atoms with van der Waals surface area (Å²) < 4.78 is 0. The van der Waals surface area contributed by atoms with Crippen molar-refractivity contribution in [2.24, 2.45) is 41.4 Å². The average Bonchev–Trinajstić information content (AvgIpc) is 3.21. The normalized spacial score (nSPS) is 38.2. The van der Waals surface area contributed by atoms with E-state index in [4.69, 9.17) is 4.98 Å². The maximum atomic E-state index is 13.4. The molecule has 0 radical (unpaired) electrons. The maximum Gasteiger partial charge on any atom is 0.307 e. The van der Waals surface area contributed by atoms with Crippen molar-refractivity contribution in [1.82, 2.24) is 10.3 Å². The van der Waals surface area contributed by atoms with Crippen LogP contribution in [0.5, 0.6) is 0 Å². The van der Waals surface area contributed by atoms with Gasteiger partial charge in [0.1, 0.15) is 5.82 Å². The van der Waals surface area contributed by atoms with Gasteiger partial charge < -0.3 is 15.3 Å². The van der Waals surface area contributed by atoms with E-state index in [0.29, 0.717) is 12.0 Å². The van der Waals surface area contributed by atoms with Gasteiger partial charge in [0.2, 0.25) is 0 Å². The molecule has 7 atom stereocenters. The number of nitrogens with zero attached hydrogens (tertiary/aromatic N) is 2. The Labute approximate surface area is 196 Å². The highest BCUT2D eigenvalue weighted by atomic mass is 16.4. The lowest BCUT2D eigenvalue weighted by Gasteiger charge is -2.33. The Balaban J connectivity index is 1.17. The van der Waals surface area contributed by atoms with Crippen molar-refractivity contribution in [3.05, 3.63) is 23.4 Å². The van der Waals surface area contributed by atoms with Crippen LogP contribution >= 0.6 is 0 Å². The number of hydrogen-bond acceptors (Lipinski definition) is 4. The summed E-state index contributed by atoms with van der Waals surface area (Å²) in [6.45, 7) is 3.70. The number of aromatic nitrogens is 1. The summed E-state index contributed by atoms with van der Waals surface area (Å²) in [4.78, 5) is 31.9. The van der Waals surface area contributed by atoms with E-state index >= 15 is 0 Å². The van der Waals surface area contributed by atoms with Crippen LogP contribution in [-0.2, 0) is 11.2 Å². The molecule has 178 valence electrons. The minimum absolute atomic E-state index is 0.0538. The Hall–Kier alpha value is -2.11. The number of carboxylic acids is 1. The van der Waals surface area contributed by atoms with Gasteiger partial charge in [-0.05, 0) is 99.0 Å². The highest BCUT2D eigenvalue weighted by Gasteiger charge is 2.60. The molecule has 5 aliphatic rings. The quantitative estimate of drug-likeness (QED) is 0.651. The summed E-state index contributed by atoms with van der Waals surface area (Å²) in [5.41, 5.74) is 1.64. The fraction of sp³-hybridized carbons (Fsp3) is 0.741. The van der Waals surface area contributed by atoms with Gasteiger partial charge in [-0.3, -0.25) is 9.59 Å². The van der Waals surface area contributed by atoms with E-state index in [-0.39, 0.29) is 23.7 Å². The standard InChI is InChI=1S/C27H37N3O3/c1-2-3-4-23-19(6-8-24(28-23)30-13-20-21(14-30)25(20)27(32)33)26(31)29-22-7-5-16-9-15-10-17(16)12-18(22)11-15/h6,8,15-18,20-22,25H,2-5,7,9-14H2,1H3,(H,29,31)(H,32,33). The van der Waals surface area contributed by atoms with Crippen LogP contribution in [0.1, 0.15) is 74.3 Å². The second-order valence-electron chi connectivity index (χ2n) is 11.6. The second-order valence-corrected chi connectivity index (χ2v) is 11.6. The van der Waals surface area contributed by atoms with E-state index in [1.54, 1.807) is 0 Å². The van der Waals surface area contributed by atoms with E-state index in [0.717, 1.165) is 73.6 Å². The molecule has 5 fully saturated rings. The molecular formula is C27H37N3O3. The Morgan fingerprint density at radius 2 is 1.82 bits per heavy atom. The Morgan fingerprint density at radius 1 is 1.06 bits per heavy atom. The number of hydrogen-bond donors (Lipinski definition) is 2. The minimum atomic E-state index is -0.659. The highest BCUT2D eigenvalue weighted by Crippen LogP contribution is 2.54. The van der Waals surface area contributed by atoms with Crippen LogP contribution in [0.2, 0.25) is 0 Å². The van der Waals surface area contributed by atoms with Gasteiger partial charge >= 0.3 is 5.97 Å². The molecular weight excluding hydrogens is 414 g/mol. The molecule has 2 N–H and O–H groups in total. The first-order valence-electron chi connectivity index (χ1n) is 13.3. The predicted molar refractivity (Wildman–Crippen MR) is 126 cm³/mol. The lowest BCUT2D eigenvalue weighted by molar-refractivity contribution is -0.139. The molecule has 1 aromatic heterocycles. The first kappa shape index (κ1) is 21.4. The van der Waals surface area contributed by atoms with Crippen molar-refractivity contribution in [2.45, 2.75) is 70.8 Å². The molecule has 3 bridgehead atoms. The summed E-state index contributed by atoms with van der Waals surface area (Å²) in [5, 5.41) is 12.8. The second kappa shape index (κ2) is 8.28. The van der Waals surface area contributed by atoms with Crippen molar-refractivity contribution >= 4 is 17.7 Å². The fourth-order valence-electron chi connectivity index (χ4n) is 7.97. The van der Waals surface area contributed by atoms with Crippen LogP contribution in [-0.4, -0.2) is 41.1 Å². The fourth-order valence-corrected chi connectivity index (χ4v) is 7.97. The zero-order valence-corrected chi connectivity index (χ0v) is 19.7. The number of rotatable bonds is 7. The van der Waals surface area contributed by atoms with E-state index < -0.39 is 5.97 Å². The van der Waals surface area contributed by atoms with E-state index in [1.807, 2.05) is 12.1 Å². The molecule has 7 unspecified atom stereocenters. The molecule has 6 rings (SSSR count). The van der Waals surface area contributed by atoms with Crippen LogP contribution in [0.15, 0.2) is 12.1 Å². The molecule has 1 aromatic rings. The van der Waals surface area contributed by atoms with Crippen molar-refractivity contribution in [3.63, 3.8) is 0 Å². The van der Waals surface area contributed by atoms with Crippen molar-refractivity contribution in [3.8, 4) is 0 Å². The summed E-state index contributed by atoms with van der Waals surface area (Å²) >= 11 is 0. The van der Waals surface area contributed by atoms with Gasteiger partial charge in [-0.2, -0.15) is 0 Å². The highest BCUT2D eigenvalue weighted by molar-refractivity contribution is 5.95. The third-order valence-corrected chi connectivity index (χ3v) is 9.69. The lowest BCUT2D eigenvalue weighted by Crippen LogP contribution is -2.42. The maximum absolute atomic E-state index is 13.4. The molecule has 2 heterocycles. The summed E-state index contributed by atoms with van der Waals surface area (Å²) in [6.07, 6.45) is 10.8. The summed E-state index contributed by atoms with van der Waals surface area (Å²) in [5.74, 6) is 3.99. The van der Waals surface area contributed by atoms with Crippen molar-refractivity contribution < 1.29 is 14.7 Å². The topological polar surface area (TPSA) is 82.5 Å². The number of carbonyl (C=O) groups is 2. The van der Waals surface area contributed by atoms with E-state index in [9.17, 15) is 14.7 Å². The first-order valence-corrected chi connectivity index (χ1v) is 13.3. The molecule has 1 amide bonds. The number of fused-ring (bicyclic) bond motifs is 3. The summed E-state index contributed by atoms with van der Waals surface area (Å²) in [7, 11) is 0. The lowest BCUT2D eigenvalue weighted by atomic mass is 9.77. The average molecular weight is 452 g/mol. The van der Waals surface area contributed by atoms with Crippen LogP contribution in [0.4, 0.5) is 5.82 Å². The molecule has 6 nitrogen and oxygen atoms in total. The van der Waals surface area contributed by atoms with Gasteiger partial charge in [0.15, 0.2) is 0 Å². The largest absolute Gasteiger partial charge is 0.481 e. The monoisotopic (exact) mass is 451 g/mol. The third-order valence-electron chi connectivity index (χ3n) is 9.69. The van der Waals surface area contributed by atoms with Gasteiger partial charge in [-0.25, -0.2) is 4.98 Å². The molecule has 33 heavy (non-hydrogen) atoms. The Morgan fingerprint density at radius 3 is 2.58 bits per heavy atom. The smallest absolute Gasteiger partial charge is 0.307 e. The number of nitrogens with one attached hydrogen (secondary N) is 1. The number of piperidine rings is 1. The zero-order chi connectivity index (χ0) is 22.7. The Bertz CT molecular complexity index is 937. The SMILES string of the molecule is CCCCc1nc(N2CC3C(C2)C3C(=O)O)ccc1C(=O)NC1CCC2CC3CC2CC1C3. The van der Waals surface area contributed by atoms with E-state index in [1.165, 1.54) is 32.1 Å². The van der Waals surface area contributed by atoms with Gasteiger partial charge in [0.05, 0.1) is 17.2 Å². The number of pyridine rings is 1. The van der Waals surface area contributed by atoms with Crippen molar-refractivity contribution in [1.29, 1.82) is 0 Å². The van der Waals surface area contributed by atoms with Gasteiger partial charge in [0, 0.05) is 19.1 Å². The molecule has 1 aliphatic heterocycles. The molecule has 4 aliphatic carbocycles. The van der Waals surface area contributed by atoms with E-state index in [2.05, 4.69) is 17.1 Å². The van der Waals surface area contributed by atoms with Crippen LogP contribution in [0, 0.1) is 41.4 Å². The summed E-state index contributed by atoms with van der Waals surface area (Å²) in [6, 6.07) is 4.26. The predicted octanol–water partition coefficient (Wildman–Crippen LogP) is 4.14. The number of anilines is 1. The van der Waals surface area contributed by atoms with Gasteiger partial charge in [0.25, 0.3) is 5.91 Å². The minimum Gasteiger partial charge on any atom is -0.481 e. The number of aryl methyl sites for hydroxylation is 1. The first-order chi connectivity index (χ1) is 16.0. The molecule has 0 spiro atoms. The molecule has 6 heteroatoms. The molecule has 4 saturated carbocycles. The number of aliphatic carboxylic acids is 1. The van der Waals surface area contributed by atoms with Gasteiger partial charge in [-0.15, -0.1) is 0 Å². The Kier molecular flexibility index (Phi) is 5.38. The number of unbranched alkanes of at least 4 members (excludes halogenated alkanes) is 1. The zero-order valence-electron chi connectivity index (χ0n) is 19.7. The van der Waals surface area contributed by atoms with Crippen LogP contribution in [0.25, 0.3) is 0 Å². The number of carboxylic acid groups (broad SMARTS) is 1. The number of carbonyl (C=O) groups excluding carboxylic acids is 1.